The van der Waals surface area contributed by atoms with Gasteiger partial charge in [0, 0.05) is 0 Å². The van der Waals surface area contributed by atoms with Gasteiger partial charge in [-0.1, -0.05) is 6.07 Å². The molecule has 6 nitrogen and oxygen atoms in total. The summed E-state index contributed by atoms with van der Waals surface area (Å²) in [7, 11) is 0. The van der Waals surface area contributed by atoms with Gasteiger partial charge in [0.2, 0.25) is 5.91 Å². The van der Waals surface area contributed by atoms with Crippen LogP contribution in [0.3, 0.4) is 0 Å². The van der Waals surface area contributed by atoms with Gasteiger partial charge in [0.1, 0.15) is 5.82 Å². The molecule has 0 aliphatic carbocycles. The number of anilines is 1. The molecule has 2 heterocycles. The van der Waals surface area contributed by atoms with Gasteiger partial charge in [-0.3, -0.25) is 19.3 Å². The van der Waals surface area contributed by atoms with Gasteiger partial charge in [0.05, 0.1) is 24.1 Å². The maximum absolute atomic E-state index is 14.1. The Balaban J connectivity index is 1.76. The number of nitrogens with zero attached hydrogens (tertiary/aromatic N) is 2. The normalized spacial score (nSPS) is 23.1. The highest BCUT2D eigenvalue weighted by atomic mass is 19.1. The first-order chi connectivity index (χ1) is 11.4. The Morgan fingerprint density at radius 1 is 1.25 bits per heavy atom. The largest absolute Gasteiger partial charge is 0.481 e. The fraction of sp³-hybridized carbons (Fsp3) is 0.471. The Morgan fingerprint density at radius 2 is 1.92 bits per heavy atom. The number of imide groups is 1. The maximum Gasteiger partial charge on any atom is 0.306 e. The minimum absolute atomic E-state index is 0.00386. The first-order valence-electron chi connectivity index (χ1n) is 7.98. The molecule has 2 aliphatic heterocycles. The van der Waals surface area contributed by atoms with E-state index in [2.05, 4.69) is 0 Å². The van der Waals surface area contributed by atoms with Crippen molar-refractivity contribution in [1.82, 2.24) is 4.90 Å². The van der Waals surface area contributed by atoms with Crippen molar-refractivity contribution in [2.75, 3.05) is 18.0 Å². The smallest absolute Gasteiger partial charge is 0.306 e. The van der Waals surface area contributed by atoms with E-state index in [9.17, 15) is 18.8 Å². The van der Waals surface area contributed by atoms with Gasteiger partial charge < -0.3 is 5.11 Å². The van der Waals surface area contributed by atoms with Gasteiger partial charge in [0.25, 0.3) is 5.91 Å². The number of hydrogen-bond donors (Lipinski definition) is 1. The van der Waals surface area contributed by atoms with Crippen LogP contribution < -0.4 is 4.90 Å². The Bertz CT molecular complexity index is 698. The van der Waals surface area contributed by atoms with Crippen LogP contribution in [0, 0.1) is 18.7 Å². The monoisotopic (exact) mass is 334 g/mol. The van der Waals surface area contributed by atoms with Crippen molar-refractivity contribution in [2.24, 2.45) is 5.92 Å². The summed E-state index contributed by atoms with van der Waals surface area (Å²) < 4.78 is 14.1. The molecule has 0 bridgehead atoms. The number of carboxylic acid groups (broad SMARTS) is 1. The summed E-state index contributed by atoms with van der Waals surface area (Å²) in [6.45, 7) is 2.63. The fourth-order valence-electron chi connectivity index (χ4n) is 3.41. The number of halogens is 1. The molecule has 7 heteroatoms. The molecule has 2 aliphatic rings. The zero-order chi connectivity index (χ0) is 17.4. The molecule has 1 aromatic rings. The minimum Gasteiger partial charge on any atom is -0.481 e. The third-order valence-corrected chi connectivity index (χ3v) is 4.79. The third-order valence-electron chi connectivity index (χ3n) is 4.79. The number of benzene rings is 1. The van der Waals surface area contributed by atoms with E-state index >= 15 is 0 Å². The molecule has 128 valence electrons. The molecule has 1 aromatic carbocycles. The Labute approximate surface area is 138 Å². The maximum atomic E-state index is 14.1. The molecule has 3 rings (SSSR count). The van der Waals surface area contributed by atoms with E-state index in [0.717, 1.165) is 4.90 Å². The zero-order valence-electron chi connectivity index (χ0n) is 13.4. The SMILES string of the molecule is Cc1ccc(N2C(=O)CC(N3CCC(C(=O)O)CC3)C2=O)c(F)c1. The molecule has 2 fully saturated rings. The number of aliphatic carboxylic acids is 1. The highest BCUT2D eigenvalue weighted by Gasteiger charge is 2.44. The van der Waals surface area contributed by atoms with Crippen LogP contribution in [-0.4, -0.2) is 46.9 Å². The first-order valence-corrected chi connectivity index (χ1v) is 7.98. The number of carboxylic acids is 1. The van der Waals surface area contributed by atoms with E-state index in [1.54, 1.807) is 13.0 Å². The lowest BCUT2D eigenvalue weighted by molar-refractivity contribution is -0.143. The van der Waals surface area contributed by atoms with Crippen LogP contribution in [-0.2, 0) is 14.4 Å². The first kappa shape index (κ1) is 16.6. The predicted molar refractivity (Wildman–Crippen MR) is 84.0 cm³/mol. The number of aryl methyl sites for hydroxylation is 1. The Hall–Kier alpha value is -2.28. The average molecular weight is 334 g/mol. The number of piperidine rings is 1. The van der Waals surface area contributed by atoms with Gasteiger partial charge in [-0.05, 0) is 50.6 Å². The van der Waals surface area contributed by atoms with Gasteiger partial charge in [-0.15, -0.1) is 0 Å². The second-order valence-corrected chi connectivity index (χ2v) is 6.39. The summed E-state index contributed by atoms with van der Waals surface area (Å²) in [6.07, 6.45) is 0.905. The van der Waals surface area contributed by atoms with Crippen LogP contribution in [0.15, 0.2) is 18.2 Å². The van der Waals surface area contributed by atoms with Gasteiger partial charge in [-0.25, -0.2) is 9.29 Å². The molecule has 2 saturated heterocycles. The second-order valence-electron chi connectivity index (χ2n) is 6.39. The summed E-state index contributed by atoms with van der Waals surface area (Å²) in [5.74, 6) is -2.68. The van der Waals surface area contributed by atoms with E-state index < -0.39 is 35.6 Å². The lowest BCUT2D eigenvalue weighted by atomic mass is 9.96. The van der Waals surface area contributed by atoms with Crippen LogP contribution in [0.5, 0.6) is 0 Å². The third kappa shape index (κ3) is 2.91. The van der Waals surface area contributed by atoms with Crippen LogP contribution in [0.1, 0.15) is 24.8 Å². The summed E-state index contributed by atoms with van der Waals surface area (Å²) in [5.41, 5.74) is 0.696. The van der Waals surface area contributed by atoms with Crippen LogP contribution in [0.2, 0.25) is 0 Å². The molecule has 1 atom stereocenters. The van der Waals surface area contributed by atoms with E-state index in [-0.39, 0.29) is 12.1 Å². The summed E-state index contributed by atoms with van der Waals surface area (Å²) in [6, 6.07) is 3.76. The van der Waals surface area contributed by atoms with Crippen molar-refractivity contribution in [3.05, 3.63) is 29.6 Å². The highest BCUT2D eigenvalue weighted by Crippen LogP contribution is 2.30. The van der Waals surface area contributed by atoms with Crippen molar-refractivity contribution < 1.29 is 23.9 Å². The standard InChI is InChI=1S/C17H19FN2O4/c1-10-2-3-13(12(18)8-10)20-15(21)9-14(16(20)22)19-6-4-11(5-7-19)17(23)24/h2-3,8,11,14H,4-7,9H2,1H3,(H,23,24). The molecule has 0 aromatic heterocycles. The Morgan fingerprint density at radius 3 is 2.50 bits per heavy atom. The number of likely N-dealkylation sites (tertiary alicyclic amines) is 1. The summed E-state index contributed by atoms with van der Waals surface area (Å²) in [4.78, 5) is 38.7. The van der Waals surface area contributed by atoms with Crippen LogP contribution in [0.4, 0.5) is 10.1 Å². The second kappa shape index (κ2) is 6.32. The zero-order valence-corrected chi connectivity index (χ0v) is 13.4. The molecule has 1 N–H and O–H groups in total. The van der Waals surface area contributed by atoms with Crippen molar-refractivity contribution in [3.8, 4) is 0 Å². The summed E-state index contributed by atoms with van der Waals surface area (Å²) >= 11 is 0. The number of rotatable bonds is 3. The average Bonchev–Trinajstić information content (AvgIpc) is 2.83. The van der Waals surface area contributed by atoms with Crippen LogP contribution >= 0.6 is 0 Å². The van der Waals surface area contributed by atoms with Crippen LogP contribution in [0.25, 0.3) is 0 Å². The molecule has 0 radical (unpaired) electrons. The predicted octanol–water partition coefficient (Wildman–Crippen LogP) is 1.56. The molecule has 0 spiro atoms. The van der Waals surface area contributed by atoms with Gasteiger partial charge in [-0.2, -0.15) is 0 Å². The van der Waals surface area contributed by atoms with E-state index in [1.165, 1.54) is 12.1 Å². The molecule has 24 heavy (non-hydrogen) atoms. The topological polar surface area (TPSA) is 77.9 Å². The number of carbonyl (C=O) groups is 3. The summed E-state index contributed by atoms with van der Waals surface area (Å²) in [5, 5.41) is 9.04. The molecule has 1 unspecified atom stereocenters. The number of carbonyl (C=O) groups excluding carboxylic acids is 2. The Kier molecular flexibility index (Phi) is 4.36. The van der Waals surface area contributed by atoms with Crippen molar-refractivity contribution in [1.29, 1.82) is 0 Å². The van der Waals surface area contributed by atoms with E-state index in [1.807, 2.05) is 4.90 Å². The quantitative estimate of drug-likeness (QED) is 0.849. The molecule has 0 saturated carbocycles. The van der Waals surface area contributed by atoms with Gasteiger partial charge >= 0.3 is 5.97 Å². The van der Waals surface area contributed by atoms with E-state index in [0.29, 0.717) is 31.5 Å². The lowest BCUT2D eigenvalue weighted by Crippen LogP contribution is -2.46. The lowest BCUT2D eigenvalue weighted by Gasteiger charge is -2.33. The highest BCUT2D eigenvalue weighted by molar-refractivity contribution is 6.22. The van der Waals surface area contributed by atoms with Gasteiger partial charge in [0.15, 0.2) is 0 Å². The minimum atomic E-state index is -0.827. The van der Waals surface area contributed by atoms with Crippen molar-refractivity contribution in [3.63, 3.8) is 0 Å². The molecular formula is C17H19FN2O4. The van der Waals surface area contributed by atoms with Crippen molar-refractivity contribution in [2.45, 2.75) is 32.2 Å². The van der Waals surface area contributed by atoms with Crippen molar-refractivity contribution >= 4 is 23.5 Å². The van der Waals surface area contributed by atoms with E-state index in [4.69, 9.17) is 5.11 Å². The number of amides is 2. The number of hydrogen-bond acceptors (Lipinski definition) is 4. The molecular weight excluding hydrogens is 315 g/mol. The fourth-order valence-corrected chi connectivity index (χ4v) is 3.41. The molecule has 2 amide bonds.